The molecule has 2 aromatic carbocycles. The van der Waals surface area contributed by atoms with Crippen molar-refractivity contribution in [2.24, 2.45) is 5.73 Å². The molecule has 3 nitrogen and oxygen atoms in total. The van der Waals surface area contributed by atoms with Gasteiger partial charge in [-0.1, -0.05) is 48.5 Å². The number of para-hydroxylation sites is 1. The molecule has 3 heteroatoms. The molecule has 0 saturated heterocycles. The Morgan fingerprint density at radius 3 is 2.37 bits per heavy atom. The number of hydrogen-bond acceptors (Lipinski definition) is 3. The molecule has 0 radical (unpaired) electrons. The van der Waals surface area contributed by atoms with Crippen LogP contribution in [-0.2, 0) is 12.1 Å². The zero-order valence-electron chi connectivity index (χ0n) is 11.0. The molecule has 0 fully saturated rings. The van der Waals surface area contributed by atoms with E-state index in [1.807, 2.05) is 54.6 Å². The minimum absolute atomic E-state index is 0.189. The highest BCUT2D eigenvalue weighted by atomic mass is 16.5. The molecule has 2 aromatic rings. The molecule has 3 N–H and O–H groups in total. The van der Waals surface area contributed by atoms with Crippen LogP contribution in [0.2, 0.25) is 0 Å². The average Bonchev–Trinajstić information content (AvgIpc) is 2.46. The molecule has 19 heavy (non-hydrogen) atoms. The lowest BCUT2D eigenvalue weighted by molar-refractivity contribution is 0.00731. The predicted octanol–water partition coefficient (Wildman–Crippen LogP) is 2.43. The maximum absolute atomic E-state index is 10.5. The third-order valence-corrected chi connectivity index (χ3v) is 3.10. The van der Waals surface area contributed by atoms with Crippen molar-refractivity contribution >= 4 is 0 Å². The van der Waals surface area contributed by atoms with E-state index in [4.69, 9.17) is 10.5 Å². The first-order valence-corrected chi connectivity index (χ1v) is 6.32. The number of hydrogen-bond donors (Lipinski definition) is 2. The quantitative estimate of drug-likeness (QED) is 0.865. The summed E-state index contributed by atoms with van der Waals surface area (Å²) in [6, 6.07) is 17.1. The molecule has 1 unspecified atom stereocenters. The largest absolute Gasteiger partial charge is 0.490 e. The normalized spacial score (nSPS) is 13.8. The summed E-state index contributed by atoms with van der Waals surface area (Å²) >= 11 is 0. The van der Waals surface area contributed by atoms with E-state index in [0.717, 1.165) is 16.9 Å². The van der Waals surface area contributed by atoms with Crippen molar-refractivity contribution in [1.82, 2.24) is 0 Å². The highest BCUT2D eigenvalue weighted by Gasteiger charge is 2.24. The molecule has 0 spiro atoms. The van der Waals surface area contributed by atoms with Crippen LogP contribution >= 0.6 is 0 Å². The van der Waals surface area contributed by atoms with Crippen LogP contribution in [0.15, 0.2) is 54.6 Å². The zero-order valence-corrected chi connectivity index (χ0v) is 11.0. The van der Waals surface area contributed by atoms with Crippen LogP contribution < -0.4 is 10.5 Å². The molecular formula is C16H19NO2. The van der Waals surface area contributed by atoms with E-state index in [-0.39, 0.29) is 6.61 Å². The van der Waals surface area contributed by atoms with Gasteiger partial charge in [-0.3, -0.25) is 0 Å². The van der Waals surface area contributed by atoms with Crippen LogP contribution in [0.1, 0.15) is 18.1 Å². The molecule has 0 heterocycles. The number of benzene rings is 2. The van der Waals surface area contributed by atoms with Gasteiger partial charge in [0, 0.05) is 12.1 Å². The fourth-order valence-electron chi connectivity index (χ4n) is 1.91. The Labute approximate surface area is 113 Å². The van der Waals surface area contributed by atoms with Crippen LogP contribution in [0.4, 0.5) is 0 Å². The van der Waals surface area contributed by atoms with E-state index in [0.29, 0.717) is 6.54 Å². The van der Waals surface area contributed by atoms with Gasteiger partial charge in [0.15, 0.2) is 0 Å². The molecular weight excluding hydrogens is 238 g/mol. The van der Waals surface area contributed by atoms with Gasteiger partial charge in [0.05, 0.1) is 0 Å². The van der Waals surface area contributed by atoms with Crippen molar-refractivity contribution in [2.75, 3.05) is 6.61 Å². The summed E-state index contributed by atoms with van der Waals surface area (Å²) in [6.45, 7) is 2.35. The summed E-state index contributed by atoms with van der Waals surface area (Å²) in [7, 11) is 0. The Balaban J connectivity index is 2.10. The molecule has 1 atom stereocenters. The molecule has 0 amide bonds. The first kappa shape index (κ1) is 13.6. The molecule has 100 valence electrons. The molecule has 0 bridgehead atoms. The highest BCUT2D eigenvalue weighted by Crippen LogP contribution is 2.24. The Kier molecular flexibility index (Phi) is 4.20. The van der Waals surface area contributed by atoms with Crippen molar-refractivity contribution in [3.05, 3.63) is 65.7 Å². The summed E-state index contributed by atoms with van der Waals surface area (Å²) in [5, 5.41) is 10.5. The van der Waals surface area contributed by atoms with Gasteiger partial charge in [-0.05, 0) is 18.6 Å². The van der Waals surface area contributed by atoms with Gasteiger partial charge >= 0.3 is 0 Å². The van der Waals surface area contributed by atoms with E-state index in [1.54, 1.807) is 6.92 Å². The monoisotopic (exact) mass is 257 g/mol. The van der Waals surface area contributed by atoms with Gasteiger partial charge in [0.1, 0.15) is 18.0 Å². The second kappa shape index (κ2) is 5.87. The van der Waals surface area contributed by atoms with Gasteiger partial charge in [0.2, 0.25) is 0 Å². The Bertz CT molecular complexity index is 523. The average molecular weight is 257 g/mol. The molecule has 0 aromatic heterocycles. The topological polar surface area (TPSA) is 55.5 Å². The second-order valence-electron chi connectivity index (χ2n) is 4.74. The van der Waals surface area contributed by atoms with Crippen molar-refractivity contribution < 1.29 is 9.84 Å². The third-order valence-electron chi connectivity index (χ3n) is 3.10. The number of aliphatic hydroxyl groups is 1. The third kappa shape index (κ3) is 3.34. The summed E-state index contributed by atoms with van der Waals surface area (Å²) in [4.78, 5) is 0. The Morgan fingerprint density at radius 2 is 1.68 bits per heavy atom. The first-order valence-electron chi connectivity index (χ1n) is 6.32. The highest BCUT2D eigenvalue weighted by molar-refractivity contribution is 5.33. The van der Waals surface area contributed by atoms with Crippen molar-refractivity contribution in [3.8, 4) is 5.75 Å². The standard InChI is InChI=1S/C16H19NO2/c1-16(18,14-8-3-2-4-9-14)12-19-15-10-6-5-7-13(15)11-17/h2-10,18H,11-12,17H2,1H3. The van der Waals surface area contributed by atoms with Gasteiger partial charge in [0.25, 0.3) is 0 Å². The Morgan fingerprint density at radius 1 is 1.05 bits per heavy atom. The fourth-order valence-corrected chi connectivity index (χ4v) is 1.91. The van der Waals surface area contributed by atoms with Crippen molar-refractivity contribution in [2.45, 2.75) is 19.1 Å². The van der Waals surface area contributed by atoms with Crippen LogP contribution in [0.5, 0.6) is 5.75 Å². The summed E-state index contributed by atoms with van der Waals surface area (Å²) in [5.41, 5.74) is 6.40. The molecule has 0 aliphatic rings. The van der Waals surface area contributed by atoms with Gasteiger partial charge in [-0.2, -0.15) is 0 Å². The van der Waals surface area contributed by atoms with E-state index in [1.165, 1.54) is 0 Å². The summed E-state index contributed by atoms with van der Waals surface area (Å²) in [6.07, 6.45) is 0. The maximum Gasteiger partial charge on any atom is 0.123 e. The van der Waals surface area contributed by atoms with Gasteiger partial charge < -0.3 is 15.6 Å². The SMILES string of the molecule is CC(O)(COc1ccccc1CN)c1ccccc1. The minimum atomic E-state index is -1.02. The van der Waals surface area contributed by atoms with Gasteiger partial charge in [-0.15, -0.1) is 0 Å². The van der Waals surface area contributed by atoms with Crippen molar-refractivity contribution in [1.29, 1.82) is 0 Å². The van der Waals surface area contributed by atoms with Crippen molar-refractivity contribution in [3.63, 3.8) is 0 Å². The molecule has 0 aliphatic heterocycles. The van der Waals surface area contributed by atoms with E-state index >= 15 is 0 Å². The lowest BCUT2D eigenvalue weighted by Crippen LogP contribution is -2.29. The predicted molar refractivity (Wildman–Crippen MR) is 75.8 cm³/mol. The van der Waals surface area contributed by atoms with Gasteiger partial charge in [-0.25, -0.2) is 0 Å². The number of rotatable bonds is 5. The second-order valence-corrected chi connectivity index (χ2v) is 4.74. The zero-order chi connectivity index (χ0) is 13.7. The van der Waals surface area contributed by atoms with E-state index < -0.39 is 5.60 Å². The Hall–Kier alpha value is -1.84. The number of ether oxygens (including phenoxy) is 1. The summed E-state index contributed by atoms with van der Waals surface area (Å²) < 4.78 is 5.72. The van der Waals surface area contributed by atoms with Crippen LogP contribution in [-0.4, -0.2) is 11.7 Å². The van der Waals surface area contributed by atoms with E-state index in [2.05, 4.69) is 0 Å². The number of nitrogens with two attached hydrogens (primary N) is 1. The lowest BCUT2D eigenvalue weighted by Gasteiger charge is -2.24. The molecule has 2 rings (SSSR count). The molecule has 0 saturated carbocycles. The van der Waals surface area contributed by atoms with Crippen LogP contribution in [0.25, 0.3) is 0 Å². The van der Waals surface area contributed by atoms with Crippen LogP contribution in [0, 0.1) is 0 Å². The maximum atomic E-state index is 10.5. The lowest BCUT2D eigenvalue weighted by atomic mass is 9.97. The van der Waals surface area contributed by atoms with Crippen LogP contribution in [0.3, 0.4) is 0 Å². The smallest absolute Gasteiger partial charge is 0.123 e. The summed E-state index contributed by atoms with van der Waals surface area (Å²) in [5.74, 6) is 0.723. The van der Waals surface area contributed by atoms with E-state index in [9.17, 15) is 5.11 Å². The minimum Gasteiger partial charge on any atom is -0.490 e. The first-order chi connectivity index (χ1) is 9.13. The molecule has 0 aliphatic carbocycles. The fraction of sp³-hybridized carbons (Fsp3) is 0.250.